The summed E-state index contributed by atoms with van der Waals surface area (Å²) in [5.41, 5.74) is 0.949. The summed E-state index contributed by atoms with van der Waals surface area (Å²) in [6, 6.07) is 9.99. The standard InChI is InChI=1S/C16H15F2N3O3/c1-21(9-11-4-6-12(7-5-11)23-16(17)18)10-14-19-15(20-24-14)13-3-2-8-22-13/h2-8,16H,9-10H2,1H3. The molecule has 0 unspecified atom stereocenters. The Morgan fingerprint density at radius 2 is 1.96 bits per heavy atom. The van der Waals surface area contributed by atoms with Crippen LogP contribution in [0.3, 0.4) is 0 Å². The molecule has 24 heavy (non-hydrogen) atoms. The van der Waals surface area contributed by atoms with Crippen molar-refractivity contribution in [3.8, 4) is 17.3 Å². The van der Waals surface area contributed by atoms with Gasteiger partial charge in [-0.05, 0) is 36.9 Å². The summed E-state index contributed by atoms with van der Waals surface area (Å²) in [6.07, 6.45) is 1.54. The summed E-state index contributed by atoms with van der Waals surface area (Å²) in [5, 5.41) is 3.86. The van der Waals surface area contributed by atoms with Crippen molar-refractivity contribution in [2.24, 2.45) is 0 Å². The van der Waals surface area contributed by atoms with E-state index in [-0.39, 0.29) is 5.75 Å². The van der Waals surface area contributed by atoms with Crippen LogP contribution >= 0.6 is 0 Å². The summed E-state index contributed by atoms with van der Waals surface area (Å²) in [4.78, 5) is 6.23. The van der Waals surface area contributed by atoms with E-state index in [4.69, 9.17) is 8.94 Å². The Bertz CT molecular complexity index is 757. The van der Waals surface area contributed by atoms with E-state index in [2.05, 4.69) is 14.9 Å². The van der Waals surface area contributed by atoms with Crippen molar-refractivity contribution in [1.29, 1.82) is 0 Å². The van der Waals surface area contributed by atoms with Crippen LogP contribution in [0.15, 0.2) is 51.6 Å². The molecule has 0 radical (unpaired) electrons. The first-order chi connectivity index (χ1) is 11.6. The Labute approximate surface area is 136 Å². The second-order valence-electron chi connectivity index (χ2n) is 5.18. The number of nitrogens with zero attached hydrogens (tertiary/aromatic N) is 3. The second-order valence-corrected chi connectivity index (χ2v) is 5.18. The third kappa shape index (κ3) is 4.17. The minimum absolute atomic E-state index is 0.136. The maximum absolute atomic E-state index is 12.1. The molecule has 3 aromatic rings. The van der Waals surface area contributed by atoms with E-state index in [1.165, 1.54) is 12.1 Å². The number of aromatic nitrogens is 2. The molecular weight excluding hydrogens is 320 g/mol. The summed E-state index contributed by atoms with van der Waals surface area (Å²) in [7, 11) is 1.89. The number of furan rings is 1. The van der Waals surface area contributed by atoms with Gasteiger partial charge in [0.1, 0.15) is 5.75 Å². The van der Waals surface area contributed by atoms with E-state index in [0.717, 1.165) is 5.56 Å². The molecular formula is C16H15F2N3O3. The van der Waals surface area contributed by atoms with Crippen molar-refractivity contribution in [2.45, 2.75) is 19.7 Å². The fraction of sp³-hybridized carbons (Fsp3) is 0.250. The van der Waals surface area contributed by atoms with Crippen LogP contribution in [0.1, 0.15) is 11.5 Å². The van der Waals surface area contributed by atoms with Crippen molar-refractivity contribution in [1.82, 2.24) is 15.0 Å². The summed E-state index contributed by atoms with van der Waals surface area (Å²) < 4.78 is 39.0. The molecule has 0 atom stereocenters. The van der Waals surface area contributed by atoms with Crippen molar-refractivity contribution in [3.63, 3.8) is 0 Å². The SMILES string of the molecule is CN(Cc1ccc(OC(F)F)cc1)Cc1nc(-c2ccco2)no1. The maximum atomic E-state index is 12.1. The van der Waals surface area contributed by atoms with Crippen molar-refractivity contribution in [3.05, 3.63) is 54.1 Å². The smallest absolute Gasteiger partial charge is 0.387 e. The fourth-order valence-electron chi connectivity index (χ4n) is 2.20. The number of hydrogen-bond donors (Lipinski definition) is 0. The van der Waals surface area contributed by atoms with Gasteiger partial charge in [0, 0.05) is 6.54 Å². The zero-order valence-electron chi connectivity index (χ0n) is 12.9. The van der Waals surface area contributed by atoms with Gasteiger partial charge < -0.3 is 13.7 Å². The Balaban J connectivity index is 1.56. The topological polar surface area (TPSA) is 64.5 Å². The molecule has 0 aliphatic heterocycles. The molecule has 6 nitrogen and oxygen atoms in total. The molecule has 0 aliphatic rings. The first-order valence-corrected chi connectivity index (χ1v) is 7.19. The molecule has 3 rings (SSSR count). The lowest BCUT2D eigenvalue weighted by atomic mass is 10.2. The number of rotatable bonds is 7. The average molecular weight is 335 g/mol. The summed E-state index contributed by atoms with van der Waals surface area (Å²) in [5.74, 6) is 1.54. The molecule has 0 saturated heterocycles. The highest BCUT2D eigenvalue weighted by Crippen LogP contribution is 2.18. The number of hydrogen-bond acceptors (Lipinski definition) is 6. The van der Waals surface area contributed by atoms with Gasteiger partial charge in [-0.1, -0.05) is 17.3 Å². The van der Waals surface area contributed by atoms with E-state index in [1.807, 2.05) is 11.9 Å². The molecule has 0 N–H and O–H groups in total. The largest absolute Gasteiger partial charge is 0.461 e. The third-order valence-corrected chi connectivity index (χ3v) is 3.22. The minimum atomic E-state index is -2.82. The van der Waals surface area contributed by atoms with Crippen LogP contribution in [-0.4, -0.2) is 28.7 Å². The van der Waals surface area contributed by atoms with Crippen molar-refractivity contribution < 1.29 is 22.5 Å². The molecule has 2 aromatic heterocycles. The number of alkyl halides is 2. The van der Waals surface area contributed by atoms with Crippen LogP contribution in [0.25, 0.3) is 11.6 Å². The average Bonchev–Trinajstić information content (AvgIpc) is 3.19. The molecule has 2 heterocycles. The third-order valence-electron chi connectivity index (χ3n) is 3.22. The first kappa shape index (κ1) is 16.1. The van der Waals surface area contributed by atoms with Gasteiger partial charge in [0.15, 0.2) is 5.76 Å². The molecule has 0 saturated carbocycles. The predicted molar refractivity (Wildman–Crippen MR) is 80.2 cm³/mol. The van der Waals surface area contributed by atoms with E-state index >= 15 is 0 Å². The van der Waals surface area contributed by atoms with Gasteiger partial charge in [-0.15, -0.1) is 0 Å². The second kappa shape index (κ2) is 7.22. The lowest BCUT2D eigenvalue weighted by Gasteiger charge is -2.14. The van der Waals surface area contributed by atoms with Gasteiger partial charge >= 0.3 is 6.61 Å². The zero-order chi connectivity index (χ0) is 16.9. The van der Waals surface area contributed by atoms with E-state index in [1.54, 1.807) is 30.5 Å². The fourth-order valence-corrected chi connectivity index (χ4v) is 2.20. The zero-order valence-corrected chi connectivity index (χ0v) is 12.9. The van der Waals surface area contributed by atoms with Crippen LogP contribution in [0, 0.1) is 0 Å². The van der Waals surface area contributed by atoms with Crippen molar-refractivity contribution >= 4 is 0 Å². The molecule has 0 amide bonds. The van der Waals surface area contributed by atoms with Crippen LogP contribution < -0.4 is 4.74 Å². The highest BCUT2D eigenvalue weighted by molar-refractivity contribution is 5.44. The Hall–Kier alpha value is -2.74. The predicted octanol–water partition coefficient (Wildman–Crippen LogP) is 3.56. The lowest BCUT2D eigenvalue weighted by Crippen LogP contribution is -2.17. The summed E-state index contributed by atoms with van der Waals surface area (Å²) in [6.45, 7) is -1.78. The highest BCUT2D eigenvalue weighted by Gasteiger charge is 2.13. The Morgan fingerprint density at radius 3 is 2.62 bits per heavy atom. The number of ether oxygens (including phenoxy) is 1. The van der Waals surface area contributed by atoms with E-state index in [0.29, 0.717) is 30.6 Å². The monoisotopic (exact) mass is 335 g/mol. The molecule has 1 aromatic carbocycles. The maximum Gasteiger partial charge on any atom is 0.387 e. The molecule has 0 spiro atoms. The number of halogens is 2. The quantitative estimate of drug-likeness (QED) is 0.658. The minimum Gasteiger partial charge on any atom is -0.461 e. The van der Waals surface area contributed by atoms with Gasteiger partial charge in [0.05, 0.1) is 12.8 Å². The molecule has 0 aliphatic carbocycles. The lowest BCUT2D eigenvalue weighted by molar-refractivity contribution is -0.0498. The van der Waals surface area contributed by atoms with Gasteiger partial charge in [-0.2, -0.15) is 13.8 Å². The Kier molecular flexibility index (Phi) is 4.85. The molecule has 126 valence electrons. The molecule has 0 bridgehead atoms. The Morgan fingerprint density at radius 1 is 1.17 bits per heavy atom. The van der Waals surface area contributed by atoms with Gasteiger partial charge in [-0.3, -0.25) is 4.90 Å². The summed E-state index contributed by atoms with van der Waals surface area (Å²) >= 11 is 0. The van der Waals surface area contributed by atoms with Crippen LogP contribution in [0.2, 0.25) is 0 Å². The first-order valence-electron chi connectivity index (χ1n) is 7.19. The molecule has 8 heteroatoms. The molecule has 0 fully saturated rings. The normalized spacial score (nSPS) is 11.4. The van der Waals surface area contributed by atoms with Crippen LogP contribution in [0.4, 0.5) is 8.78 Å². The van der Waals surface area contributed by atoms with E-state index < -0.39 is 6.61 Å². The van der Waals surface area contributed by atoms with Crippen LogP contribution in [0.5, 0.6) is 5.75 Å². The van der Waals surface area contributed by atoms with Gasteiger partial charge in [0.25, 0.3) is 0 Å². The van der Waals surface area contributed by atoms with Gasteiger partial charge in [0.2, 0.25) is 11.7 Å². The van der Waals surface area contributed by atoms with Gasteiger partial charge in [-0.25, -0.2) is 0 Å². The van der Waals surface area contributed by atoms with Crippen LogP contribution in [-0.2, 0) is 13.1 Å². The van der Waals surface area contributed by atoms with E-state index in [9.17, 15) is 8.78 Å². The van der Waals surface area contributed by atoms with Crippen molar-refractivity contribution in [2.75, 3.05) is 7.05 Å². The highest BCUT2D eigenvalue weighted by atomic mass is 19.3. The number of benzene rings is 1.